The molecule has 0 amide bonds. The van der Waals surface area contributed by atoms with Crippen molar-refractivity contribution in [3.8, 4) is 5.88 Å². The van der Waals surface area contributed by atoms with Crippen LogP contribution in [0, 0.1) is 0 Å². The average Bonchev–Trinajstić information content (AvgIpc) is 3.44. The SMILES string of the molecule is CN=C(NCc1ccnc(OC2CCCC2)c1)NC1CCN(c2ccccc2)C1.I. The first kappa shape index (κ1) is 22.7. The molecule has 30 heavy (non-hydrogen) atoms. The first-order valence-corrected chi connectivity index (χ1v) is 10.7. The fourth-order valence-corrected chi connectivity index (χ4v) is 4.13. The van der Waals surface area contributed by atoms with Crippen LogP contribution in [0.4, 0.5) is 5.69 Å². The Morgan fingerprint density at radius 3 is 2.73 bits per heavy atom. The molecule has 162 valence electrons. The normalized spacial score (nSPS) is 19.4. The number of hydrogen-bond donors (Lipinski definition) is 2. The van der Waals surface area contributed by atoms with Crippen molar-refractivity contribution >= 4 is 35.6 Å². The van der Waals surface area contributed by atoms with Crippen molar-refractivity contribution in [2.45, 2.75) is 50.8 Å². The molecule has 2 fully saturated rings. The van der Waals surface area contributed by atoms with E-state index < -0.39 is 0 Å². The molecule has 1 saturated heterocycles. The second-order valence-electron chi connectivity index (χ2n) is 7.86. The fraction of sp³-hybridized carbons (Fsp3) is 0.478. The van der Waals surface area contributed by atoms with Gasteiger partial charge in [0.05, 0.1) is 0 Å². The molecule has 6 nitrogen and oxygen atoms in total. The molecule has 1 aromatic heterocycles. The first-order valence-electron chi connectivity index (χ1n) is 10.7. The molecule has 2 aliphatic rings. The molecule has 2 N–H and O–H groups in total. The number of rotatable bonds is 6. The average molecular weight is 521 g/mol. The smallest absolute Gasteiger partial charge is 0.213 e. The van der Waals surface area contributed by atoms with Crippen molar-refractivity contribution in [2.75, 3.05) is 25.0 Å². The van der Waals surface area contributed by atoms with Crippen LogP contribution in [0.25, 0.3) is 0 Å². The van der Waals surface area contributed by atoms with Gasteiger partial charge in [-0.15, -0.1) is 24.0 Å². The van der Waals surface area contributed by atoms with Crippen LogP contribution in [0.3, 0.4) is 0 Å². The quantitative estimate of drug-likeness (QED) is 0.343. The fourth-order valence-electron chi connectivity index (χ4n) is 4.13. The molecular weight excluding hydrogens is 489 g/mol. The standard InChI is InChI=1S/C23H31N5O.HI/c1-24-23(27-19-12-14-28(17-19)20-7-3-2-4-8-20)26-16-18-11-13-25-22(15-18)29-21-9-5-6-10-21;/h2-4,7-8,11,13,15,19,21H,5-6,9-10,12,14,16-17H2,1H3,(H2,24,26,27);1H. The van der Waals surface area contributed by atoms with Gasteiger partial charge in [0.2, 0.25) is 5.88 Å². The summed E-state index contributed by atoms with van der Waals surface area (Å²) in [6.45, 7) is 2.74. The highest BCUT2D eigenvalue weighted by Gasteiger charge is 2.23. The number of aromatic nitrogens is 1. The van der Waals surface area contributed by atoms with E-state index in [-0.39, 0.29) is 24.0 Å². The van der Waals surface area contributed by atoms with E-state index in [9.17, 15) is 0 Å². The Morgan fingerprint density at radius 1 is 1.17 bits per heavy atom. The Bertz CT molecular complexity index is 810. The van der Waals surface area contributed by atoms with Crippen LogP contribution in [0.2, 0.25) is 0 Å². The molecule has 1 aliphatic heterocycles. The zero-order chi connectivity index (χ0) is 19.9. The molecule has 1 aliphatic carbocycles. The maximum atomic E-state index is 6.02. The van der Waals surface area contributed by atoms with Crippen LogP contribution in [0.1, 0.15) is 37.7 Å². The molecule has 7 heteroatoms. The topological polar surface area (TPSA) is 61.8 Å². The number of aliphatic imine (C=N–C) groups is 1. The lowest BCUT2D eigenvalue weighted by atomic mass is 10.2. The van der Waals surface area contributed by atoms with Gasteiger partial charge in [0.15, 0.2) is 5.96 Å². The van der Waals surface area contributed by atoms with E-state index in [2.05, 4.69) is 55.8 Å². The van der Waals surface area contributed by atoms with E-state index in [0.29, 0.717) is 18.7 Å². The van der Waals surface area contributed by atoms with Crippen LogP contribution < -0.4 is 20.3 Å². The zero-order valence-electron chi connectivity index (χ0n) is 17.6. The lowest BCUT2D eigenvalue weighted by Crippen LogP contribution is -2.44. The van der Waals surface area contributed by atoms with Crippen molar-refractivity contribution in [1.82, 2.24) is 15.6 Å². The highest BCUT2D eigenvalue weighted by molar-refractivity contribution is 14.0. The minimum atomic E-state index is 0. The van der Waals surface area contributed by atoms with Crippen LogP contribution in [0.15, 0.2) is 53.7 Å². The van der Waals surface area contributed by atoms with Crippen molar-refractivity contribution in [3.05, 3.63) is 54.2 Å². The van der Waals surface area contributed by atoms with Gasteiger partial charge in [-0.1, -0.05) is 18.2 Å². The largest absolute Gasteiger partial charge is 0.474 e. The van der Waals surface area contributed by atoms with E-state index in [1.54, 1.807) is 0 Å². The lowest BCUT2D eigenvalue weighted by molar-refractivity contribution is 0.201. The second kappa shape index (κ2) is 11.4. The Hall–Kier alpha value is -2.03. The van der Waals surface area contributed by atoms with Gasteiger partial charge in [-0.3, -0.25) is 4.99 Å². The van der Waals surface area contributed by atoms with E-state index in [1.165, 1.54) is 18.5 Å². The molecule has 1 atom stereocenters. The minimum Gasteiger partial charge on any atom is -0.474 e. The molecule has 0 bridgehead atoms. The molecule has 1 aromatic carbocycles. The maximum Gasteiger partial charge on any atom is 0.213 e. The summed E-state index contributed by atoms with van der Waals surface area (Å²) in [6.07, 6.45) is 8.06. The highest BCUT2D eigenvalue weighted by Crippen LogP contribution is 2.23. The molecule has 2 aromatic rings. The van der Waals surface area contributed by atoms with E-state index in [1.807, 2.05) is 25.4 Å². The Labute approximate surface area is 196 Å². The van der Waals surface area contributed by atoms with Crippen molar-refractivity contribution in [3.63, 3.8) is 0 Å². The summed E-state index contributed by atoms with van der Waals surface area (Å²) < 4.78 is 6.02. The summed E-state index contributed by atoms with van der Waals surface area (Å²) in [7, 11) is 1.82. The third-order valence-electron chi connectivity index (χ3n) is 5.72. The highest BCUT2D eigenvalue weighted by atomic mass is 127. The number of hydrogen-bond acceptors (Lipinski definition) is 4. The number of anilines is 1. The van der Waals surface area contributed by atoms with Gasteiger partial charge in [0.1, 0.15) is 6.10 Å². The molecule has 1 saturated carbocycles. The predicted molar refractivity (Wildman–Crippen MR) is 133 cm³/mol. The second-order valence-corrected chi connectivity index (χ2v) is 7.86. The number of benzene rings is 1. The van der Waals surface area contributed by atoms with Crippen molar-refractivity contribution in [1.29, 1.82) is 0 Å². The summed E-state index contributed by atoms with van der Waals surface area (Å²) in [6, 6.07) is 15.0. The number of nitrogens with zero attached hydrogens (tertiary/aromatic N) is 3. The van der Waals surface area contributed by atoms with E-state index in [0.717, 1.165) is 49.8 Å². The summed E-state index contributed by atoms with van der Waals surface area (Å²) in [5, 5.41) is 6.98. The van der Waals surface area contributed by atoms with Gasteiger partial charge in [-0.05, 0) is 55.9 Å². The number of halogens is 1. The van der Waals surface area contributed by atoms with Gasteiger partial charge in [0.25, 0.3) is 0 Å². The number of guanidine groups is 1. The molecule has 0 radical (unpaired) electrons. The summed E-state index contributed by atoms with van der Waals surface area (Å²) in [4.78, 5) is 11.2. The molecular formula is C23H32IN5O. The number of para-hydroxylation sites is 1. The summed E-state index contributed by atoms with van der Waals surface area (Å²) >= 11 is 0. The maximum absolute atomic E-state index is 6.02. The van der Waals surface area contributed by atoms with Gasteiger partial charge >= 0.3 is 0 Å². The number of nitrogens with one attached hydrogen (secondary N) is 2. The number of pyridine rings is 1. The third-order valence-corrected chi connectivity index (χ3v) is 5.72. The summed E-state index contributed by atoms with van der Waals surface area (Å²) in [5.74, 6) is 1.56. The number of ether oxygens (including phenoxy) is 1. The van der Waals surface area contributed by atoms with Crippen LogP contribution in [0.5, 0.6) is 5.88 Å². The van der Waals surface area contributed by atoms with Gasteiger partial charge in [-0.25, -0.2) is 4.98 Å². The van der Waals surface area contributed by atoms with Crippen LogP contribution in [-0.2, 0) is 6.54 Å². The molecule has 2 heterocycles. The first-order chi connectivity index (χ1) is 14.3. The minimum absolute atomic E-state index is 0. The van der Waals surface area contributed by atoms with E-state index >= 15 is 0 Å². The van der Waals surface area contributed by atoms with Gasteiger partial charge in [0, 0.05) is 50.7 Å². The molecule has 1 unspecified atom stereocenters. The summed E-state index contributed by atoms with van der Waals surface area (Å²) in [5.41, 5.74) is 2.43. The zero-order valence-corrected chi connectivity index (χ0v) is 19.9. The lowest BCUT2D eigenvalue weighted by Gasteiger charge is -2.20. The van der Waals surface area contributed by atoms with Crippen molar-refractivity contribution in [2.24, 2.45) is 4.99 Å². The van der Waals surface area contributed by atoms with Crippen LogP contribution in [-0.4, -0.2) is 43.2 Å². The Kier molecular flexibility index (Phi) is 8.60. The molecule has 4 rings (SSSR count). The Balaban J connectivity index is 0.00000256. The van der Waals surface area contributed by atoms with E-state index in [4.69, 9.17) is 4.74 Å². The monoisotopic (exact) mass is 521 g/mol. The molecule has 0 spiro atoms. The van der Waals surface area contributed by atoms with Crippen molar-refractivity contribution < 1.29 is 4.74 Å². The third kappa shape index (κ3) is 6.23. The van der Waals surface area contributed by atoms with Crippen LogP contribution >= 0.6 is 24.0 Å². The Morgan fingerprint density at radius 2 is 1.97 bits per heavy atom. The van der Waals surface area contributed by atoms with Gasteiger partial charge in [-0.2, -0.15) is 0 Å². The van der Waals surface area contributed by atoms with Gasteiger partial charge < -0.3 is 20.3 Å². The predicted octanol–water partition coefficient (Wildman–Crippen LogP) is 3.96.